The molecule has 3 nitrogen and oxygen atoms in total. The fourth-order valence-corrected chi connectivity index (χ4v) is 2.14. The molecule has 0 aliphatic carbocycles. The molecule has 0 bridgehead atoms. The summed E-state index contributed by atoms with van der Waals surface area (Å²) in [6.45, 7) is 5.72. The third kappa shape index (κ3) is 6.64. The molecule has 5 heteroatoms. The van der Waals surface area contributed by atoms with E-state index in [1.54, 1.807) is 11.8 Å². The van der Waals surface area contributed by atoms with Crippen molar-refractivity contribution in [1.82, 2.24) is 5.32 Å². The first-order chi connectivity index (χ1) is 9.19. The van der Waals surface area contributed by atoms with Gasteiger partial charge >= 0.3 is 0 Å². The van der Waals surface area contributed by atoms with Gasteiger partial charge in [0.2, 0.25) is 5.91 Å². The second-order valence-corrected chi connectivity index (χ2v) is 5.58. The van der Waals surface area contributed by atoms with Gasteiger partial charge in [0.05, 0.1) is 0 Å². The van der Waals surface area contributed by atoms with Gasteiger partial charge in [-0.05, 0) is 24.3 Å². The molecule has 0 spiro atoms. The average molecular weight is 317 g/mol. The molecule has 0 radical (unpaired) electrons. The van der Waals surface area contributed by atoms with Crippen LogP contribution < -0.4 is 10.6 Å². The minimum Gasteiger partial charge on any atom is -0.326 e. The zero-order valence-electron chi connectivity index (χ0n) is 12.4. The molecular formula is C15H25ClN2OS. The van der Waals surface area contributed by atoms with E-state index in [1.807, 2.05) is 25.1 Å². The van der Waals surface area contributed by atoms with Crippen molar-refractivity contribution < 1.29 is 4.79 Å². The minimum atomic E-state index is -0.0215. The second-order valence-electron chi connectivity index (χ2n) is 4.60. The Morgan fingerprint density at radius 2 is 2.05 bits per heavy atom. The van der Waals surface area contributed by atoms with Crippen molar-refractivity contribution in [3.05, 3.63) is 29.8 Å². The lowest BCUT2D eigenvalue weighted by Crippen LogP contribution is -2.31. The Balaban J connectivity index is 0.00000361. The minimum absolute atomic E-state index is 0. The van der Waals surface area contributed by atoms with Crippen LogP contribution >= 0.6 is 24.2 Å². The van der Waals surface area contributed by atoms with Crippen LogP contribution in [0.3, 0.4) is 0 Å². The summed E-state index contributed by atoms with van der Waals surface area (Å²) in [5.74, 6) is 1.14. The Morgan fingerprint density at radius 3 is 2.70 bits per heavy atom. The molecule has 0 saturated heterocycles. The molecule has 0 fully saturated rings. The van der Waals surface area contributed by atoms with Gasteiger partial charge in [-0.3, -0.25) is 4.79 Å². The zero-order chi connectivity index (χ0) is 14.1. The predicted octanol–water partition coefficient (Wildman–Crippen LogP) is 3.20. The number of rotatable bonds is 8. The maximum atomic E-state index is 12.1. The maximum absolute atomic E-state index is 12.1. The summed E-state index contributed by atoms with van der Waals surface area (Å²) in [4.78, 5) is 12.1. The molecule has 2 N–H and O–H groups in total. The van der Waals surface area contributed by atoms with Crippen molar-refractivity contribution in [2.75, 3.05) is 30.4 Å². The monoisotopic (exact) mass is 316 g/mol. The molecule has 1 amide bonds. The normalized spacial score (nSPS) is 11.6. The van der Waals surface area contributed by atoms with E-state index in [2.05, 4.69) is 29.9 Å². The van der Waals surface area contributed by atoms with Crippen molar-refractivity contribution >= 4 is 35.8 Å². The molecule has 1 aromatic rings. The number of benzene rings is 1. The molecule has 0 saturated carbocycles. The van der Waals surface area contributed by atoms with Gasteiger partial charge in [0.25, 0.3) is 0 Å². The van der Waals surface area contributed by atoms with Crippen LogP contribution in [0.5, 0.6) is 0 Å². The quantitative estimate of drug-likeness (QED) is 0.724. The number of anilines is 1. The Hall–Kier alpha value is -0.710. The number of carbonyl (C=O) groups excluding carboxylic acids is 1. The molecule has 0 aromatic heterocycles. The maximum Gasteiger partial charge on any atom is 0.228 e. The van der Waals surface area contributed by atoms with Crippen LogP contribution in [-0.2, 0) is 11.2 Å². The largest absolute Gasteiger partial charge is 0.326 e. The molecule has 1 atom stereocenters. The van der Waals surface area contributed by atoms with Crippen LogP contribution in [0.2, 0.25) is 0 Å². The van der Waals surface area contributed by atoms with Gasteiger partial charge in [0.15, 0.2) is 0 Å². The predicted molar refractivity (Wildman–Crippen MR) is 92.1 cm³/mol. The SMILES string of the molecule is CCc1ccccc1NC(=O)C(C)CNCCSC.Cl. The van der Waals surface area contributed by atoms with Crippen LogP contribution in [0.4, 0.5) is 5.69 Å². The molecule has 0 heterocycles. The summed E-state index contributed by atoms with van der Waals surface area (Å²) < 4.78 is 0. The number of halogens is 1. The van der Waals surface area contributed by atoms with E-state index in [-0.39, 0.29) is 24.2 Å². The van der Waals surface area contributed by atoms with Crippen LogP contribution in [-0.4, -0.2) is 31.0 Å². The van der Waals surface area contributed by atoms with Gasteiger partial charge in [-0.1, -0.05) is 32.0 Å². The van der Waals surface area contributed by atoms with Crippen molar-refractivity contribution in [3.63, 3.8) is 0 Å². The molecule has 0 aliphatic rings. The topological polar surface area (TPSA) is 41.1 Å². The van der Waals surface area contributed by atoms with Crippen molar-refractivity contribution in [3.8, 4) is 0 Å². The molecule has 1 rings (SSSR count). The van der Waals surface area contributed by atoms with E-state index in [0.717, 1.165) is 31.0 Å². The van der Waals surface area contributed by atoms with Crippen LogP contribution in [0, 0.1) is 5.92 Å². The van der Waals surface area contributed by atoms with Gasteiger partial charge < -0.3 is 10.6 Å². The second kappa shape index (κ2) is 11.0. The van der Waals surface area contributed by atoms with E-state index in [9.17, 15) is 4.79 Å². The van der Waals surface area contributed by atoms with E-state index in [4.69, 9.17) is 0 Å². The molecule has 20 heavy (non-hydrogen) atoms. The summed E-state index contributed by atoms with van der Waals surface area (Å²) in [6, 6.07) is 7.97. The third-order valence-electron chi connectivity index (χ3n) is 3.04. The fourth-order valence-electron chi connectivity index (χ4n) is 1.79. The Labute approximate surface area is 132 Å². The number of carbonyl (C=O) groups is 1. The van der Waals surface area contributed by atoms with Crippen LogP contribution in [0.15, 0.2) is 24.3 Å². The van der Waals surface area contributed by atoms with E-state index < -0.39 is 0 Å². The van der Waals surface area contributed by atoms with Gasteiger partial charge in [0.1, 0.15) is 0 Å². The zero-order valence-corrected chi connectivity index (χ0v) is 14.1. The molecule has 1 unspecified atom stereocenters. The first-order valence-corrected chi connectivity index (χ1v) is 8.16. The van der Waals surface area contributed by atoms with Gasteiger partial charge in [-0.15, -0.1) is 12.4 Å². The standard InChI is InChI=1S/C15H24N2OS.ClH/c1-4-13-7-5-6-8-14(13)17-15(18)12(2)11-16-9-10-19-3;/h5-8,12,16H,4,9-11H2,1-3H3,(H,17,18);1H. The van der Waals surface area contributed by atoms with Gasteiger partial charge in [0, 0.05) is 30.4 Å². The Morgan fingerprint density at radius 1 is 1.35 bits per heavy atom. The molecular weight excluding hydrogens is 292 g/mol. The van der Waals surface area contributed by atoms with Crippen LogP contribution in [0.25, 0.3) is 0 Å². The fraction of sp³-hybridized carbons (Fsp3) is 0.533. The molecule has 0 aliphatic heterocycles. The number of hydrogen-bond acceptors (Lipinski definition) is 3. The third-order valence-corrected chi connectivity index (χ3v) is 3.65. The highest BCUT2D eigenvalue weighted by atomic mass is 35.5. The highest BCUT2D eigenvalue weighted by molar-refractivity contribution is 7.98. The lowest BCUT2D eigenvalue weighted by molar-refractivity contribution is -0.119. The Kier molecular flexibility index (Phi) is 10.6. The van der Waals surface area contributed by atoms with Crippen molar-refractivity contribution in [1.29, 1.82) is 0 Å². The smallest absolute Gasteiger partial charge is 0.228 e. The number of thioether (sulfide) groups is 1. The van der Waals surface area contributed by atoms with Crippen LogP contribution in [0.1, 0.15) is 19.4 Å². The Bertz CT molecular complexity index is 401. The molecule has 1 aromatic carbocycles. The lowest BCUT2D eigenvalue weighted by atomic mass is 10.1. The first kappa shape index (κ1) is 19.3. The number of para-hydroxylation sites is 1. The van der Waals surface area contributed by atoms with Crippen molar-refractivity contribution in [2.45, 2.75) is 20.3 Å². The summed E-state index contributed by atoms with van der Waals surface area (Å²) in [7, 11) is 0. The highest BCUT2D eigenvalue weighted by Crippen LogP contribution is 2.16. The summed E-state index contributed by atoms with van der Waals surface area (Å²) >= 11 is 1.81. The van der Waals surface area contributed by atoms with E-state index in [0.29, 0.717) is 0 Å². The first-order valence-electron chi connectivity index (χ1n) is 6.77. The molecule has 114 valence electrons. The van der Waals surface area contributed by atoms with E-state index >= 15 is 0 Å². The number of aryl methyl sites for hydroxylation is 1. The average Bonchev–Trinajstić information content (AvgIpc) is 2.44. The highest BCUT2D eigenvalue weighted by Gasteiger charge is 2.13. The summed E-state index contributed by atoms with van der Waals surface area (Å²) in [5.41, 5.74) is 2.12. The number of amides is 1. The van der Waals surface area contributed by atoms with Gasteiger partial charge in [-0.2, -0.15) is 11.8 Å². The van der Waals surface area contributed by atoms with Gasteiger partial charge in [-0.25, -0.2) is 0 Å². The summed E-state index contributed by atoms with van der Waals surface area (Å²) in [5, 5.41) is 6.32. The number of nitrogens with one attached hydrogen (secondary N) is 2. The lowest BCUT2D eigenvalue weighted by Gasteiger charge is -2.15. The number of hydrogen-bond donors (Lipinski definition) is 2. The van der Waals surface area contributed by atoms with E-state index in [1.165, 1.54) is 5.56 Å². The van der Waals surface area contributed by atoms with Crippen molar-refractivity contribution in [2.24, 2.45) is 5.92 Å². The summed E-state index contributed by atoms with van der Waals surface area (Å²) in [6.07, 6.45) is 3.01.